The summed E-state index contributed by atoms with van der Waals surface area (Å²) in [5.41, 5.74) is 7.82. The Labute approximate surface area is 107 Å². The SMILES string of the molecule is CCc1cccc(OCc2ncc(CCN)[nH]2)c1. The molecule has 4 heteroatoms. The van der Waals surface area contributed by atoms with Crippen LogP contribution in [0, 0.1) is 0 Å². The molecule has 0 aliphatic heterocycles. The van der Waals surface area contributed by atoms with Gasteiger partial charge in [0.15, 0.2) is 0 Å². The first-order valence-corrected chi connectivity index (χ1v) is 6.26. The summed E-state index contributed by atoms with van der Waals surface area (Å²) in [6.07, 6.45) is 3.64. The van der Waals surface area contributed by atoms with Gasteiger partial charge in [0.1, 0.15) is 18.2 Å². The molecular formula is C14H19N3O. The molecule has 0 aliphatic carbocycles. The van der Waals surface area contributed by atoms with Gasteiger partial charge in [0, 0.05) is 18.3 Å². The molecule has 2 rings (SSSR count). The van der Waals surface area contributed by atoms with E-state index in [1.54, 1.807) is 0 Å². The number of rotatable bonds is 6. The van der Waals surface area contributed by atoms with E-state index in [0.717, 1.165) is 30.1 Å². The number of aromatic nitrogens is 2. The standard InChI is InChI=1S/C14H19N3O/c1-2-11-4-3-5-13(8-11)18-10-14-16-9-12(17-14)6-7-15/h3-5,8-9H,2,6-7,10,15H2,1H3,(H,16,17). The largest absolute Gasteiger partial charge is 0.486 e. The quantitative estimate of drug-likeness (QED) is 0.818. The van der Waals surface area contributed by atoms with E-state index in [9.17, 15) is 0 Å². The second-order valence-corrected chi connectivity index (χ2v) is 4.18. The minimum Gasteiger partial charge on any atom is -0.486 e. The van der Waals surface area contributed by atoms with E-state index >= 15 is 0 Å². The zero-order valence-corrected chi connectivity index (χ0v) is 10.6. The Bertz CT molecular complexity index is 493. The van der Waals surface area contributed by atoms with Gasteiger partial charge in [0.2, 0.25) is 0 Å². The predicted molar refractivity (Wildman–Crippen MR) is 71.5 cm³/mol. The summed E-state index contributed by atoms with van der Waals surface area (Å²) in [7, 11) is 0. The summed E-state index contributed by atoms with van der Waals surface area (Å²) < 4.78 is 5.70. The Morgan fingerprint density at radius 3 is 3.06 bits per heavy atom. The Hall–Kier alpha value is -1.81. The van der Waals surface area contributed by atoms with Crippen molar-refractivity contribution in [1.29, 1.82) is 0 Å². The van der Waals surface area contributed by atoms with Gasteiger partial charge in [-0.05, 0) is 30.7 Å². The molecule has 0 spiro atoms. The van der Waals surface area contributed by atoms with E-state index in [1.807, 2.05) is 18.3 Å². The molecule has 18 heavy (non-hydrogen) atoms. The molecule has 0 amide bonds. The Morgan fingerprint density at radius 2 is 2.28 bits per heavy atom. The van der Waals surface area contributed by atoms with E-state index in [-0.39, 0.29) is 0 Å². The van der Waals surface area contributed by atoms with Gasteiger partial charge in [-0.15, -0.1) is 0 Å². The number of aryl methyl sites for hydroxylation is 1. The minimum absolute atomic E-state index is 0.456. The van der Waals surface area contributed by atoms with Gasteiger partial charge in [0.05, 0.1) is 0 Å². The van der Waals surface area contributed by atoms with Gasteiger partial charge in [0.25, 0.3) is 0 Å². The van der Waals surface area contributed by atoms with E-state index in [1.165, 1.54) is 5.56 Å². The third-order valence-corrected chi connectivity index (χ3v) is 2.78. The second-order valence-electron chi connectivity index (χ2n) is 4.18. The highest BCUT2D eigenvalue weighted by molar-refractivity contribution is 5.28. The molecule has 0 fully saturated rings. The molecule has 0 radical (unpaired) electrons. The lowest BCUT2D eigenvalue weighted by molar-refractivity contribution is 0.296. The monoisotopic (exact) mass is 245 g/mol. The molecule has 4 nitrogen and oxygen atoms in total. The van der Waals surface area contributed by atoms with E-state index < -0.39 is 0 Å². The maximum absolute atomic E-state index is 5.70. The van der Waals surface area contributed by atoms with E-state index in [2.05, 4.69) is 29.0 Å². The molecular weight excluding hydrogens is 226 g/mol. The number of nitrogens with two attached hydrogens (primary N) is 1. The van der Waals surface area contributed by atoms with Crippen molar-refractivity contribution in [1.82, 2.24) is 9.97 Å². The minimum atomic E-state index is 0.456. The molecule has 96 valence electrons. The highest BCUT2D eigenvalue weighted by Gasteiger charge is 2.01. The van der Waals surface area contributed by atoms with Crippen LogP contribution >= 0.6 is 0 Å². The van der Waals surface area contributed by atoms with Crippen LogP contribution in [0.1, 0.15) is 24.0 Å². The number of benzene rings is 1. The van der Waals surface area contributed by atoms with Crippen LogP contribution in [0.25, 0.3) is 0 Å². The smallest absolute Gasteiger partial charge is 0.146 e. The number of nitrogens with zero attached hydrogens (tertiary/aromatic N) is 1. The van der Waals surface area contributed by atoms with Crippen molar-refractivity contribution in [2.75, 3.05) is 6.54 Å². The summed E-state index contributed by atoms with van der Waals surface area (Å²) in [6, 6.07) is 8.13. The highest BCUT2D eigenvalue weighted by Crippen LogP contribution is 2.14. The van der Waals surface area contributed by atoms with Crippen LogP contribution in [0.5, 0.6) is 5.75 Å². The van der Waals surface area contributed by atoms with Crippen molar-refractivity contribution in [3.63, 3.8) is 0 Å². The Morgan fingerprint density at radius 1 is 1.39 bits per heavy atom. The maximum atomic E-state index is 5.70. The average molecular weight is 245 g/mol. The summed E-state index contributed by atoms with van der Waals surface area (Å²) in [4.78, 5) is 7.45. The third kappa shape index (κ3) is 3.34. The molecule has 1 aromatic carbocycles. The summed E-state index contributed by atoms with van der Waals surface area (Å²) in [6.45, 7) is 3.21. The van der Waals surface area contributed by atoms with Crippen molar-refractivity contribution in [2.24, 2.45) is 5.73 Å². The van der Waals surface area contributed by atoms with Crippen LogP contribution < -0.4 is 10.5 Å². The molecule has 0 saturated heterocycles. The van der Waals surface area contributed by atoms with Gasteiger partial charge in [-0.25, -0.2) is 4.98 Å². The lowest BCUT2D eigenvalue weighted by atomic mass is 10.2. The number of hydrogen-bond acceptors (Lipinski definition) is 3. The molecule has 0 unspecified atom stereocenters. The Balaban J connectivity index is 1.93. The van der Waals surface area contributed by atoms with Gasteiger partial charge in [-0.3, -0.25) is 0 Å². The van der Waals surface area contributed by atoms with Gasteiger partial charge < -0.3 is 15.5 Å². The first-order valence-electron chi connectivity index (χ1n) is 6.26. The van der Waals surface area contributed by atoms with Crippen LogP contribution in [0.3, 0.4) is 0 Å². The highest BCUT2D eigenvalue weighted by atomic mass is 16.5. The van der Waals surface area contributed by atoms with Crippen LogP contribution in [0.4, 0.5) is 0 Å². The molecule has 3 N–H and O–H groups in total. The number of hydrogen-bond donors (Lipinski definition) is 2. The summed E-state index contributed by atoms with van der Waals surface area (Å²) in [5, 5.41) is 0. The van der Waals surface area contributed by atoms with Crippen molar-refractivity contribution in [3.05, 3.63) is 47.5 Å². The van der Waals surface area contributed by atoms with Gasteiger partial charge in [-0.2, -0.15) is 0 Å². The molecule has 1 aromatic heterocycles. The molecule has 0 atom stereocenters. The van der Waals surface area contributed by atoms with E-state index in [4.69, 9.17) is 10.5 Å². The molecule has 0 aliphatic rings. The third-order valence-electron chi connectivity index (χ3n) is 2.78. The fraction of sp³-hybridized carbons (Fsp3) is 0.357. The van der Waals surface area contributed by atoms with Gasteiger partial charge >= 0.3 is 0 Å². The number of ether oxygens (including phenoxy) is 1. The molecule has 2 aromatic rings. The van der Waals surface area contributed by atoms with Crippen LogP contribution in [0.15, 0.2) is 30.5 Å². The molecule has 1 heterocycles. The fourth-order valence-electron chi connectivity index (χ4n) is 1.77. The normalized spacial score (nSPS) is 10.6. The first kappa shape index (κ1) is 12.6. The fourth-order valence-corrected chi connectivity index (χ4v) is 1.77. The number of nitrogens with one attached hydrogen (secondary N) is 1. The molecule has 0 bridgehead atoms. The Kier molecular flexibility index (Phi) is 4.36. The van der Waals surface area contributed by atoms with Crippen LogP contribution in [-0.4, -0.2) is 16.5 Å². The average Bonchev–Trinajstić information content (AvgIpc) is 2.85. The summed E-state index contributed by atoms with van der Waals surface area (Å²) in [5.74, 6) is 1.71. The summed E-state index contributed by atoms with van der Waals surface area (Å²) >= 11 is 0. The maximum Gasteiger partial charge on any atom is 0.146 e. The van der Waals surface area contributed by atoms with Crippen LogP contribution in [0.2, 0.25) is 0 Å². The molecule has 0 saturated carbocycles. The van der Waals surface area contributed by atoms with Crippen molar-refractivity contribution in [3.8, 4) is 5.75 Å². The van der Waals surface area contributed by atoms with Crippen molar-refractivity contribution in [2.45, 2.75) is 26.4 Å². The van der Waals surface area contributed by atoms with Crippen molar-refractivity contribution >= 4 is 0 Å². The number of H-pyrrole nitrogens is 1. The van der Waals surface area contributed by atoms with Gasteiger partial charge in [-0.1, -0.05) is 19.1 Å². The first-order chi connectivity index (χ1) is 8.81. The lowest BCUT2D eigenvalue weighted by Gasteiger charge is -2.05. The van der Waals surface area contributed by atoms with Crippen molar-refractivity contribution < 1.29 is 4.74 Å². The van der Waals surface area contributed by atoms with E-state index in [0.29, 0.717) is 13.2 Å². The number of imidazole rings is 1. The zero-order valence-electron chi connectivity index (χ0n) is 10.6. The van der Waals surface area contributed by atoms with Crippen LogP contribution in [-0.2, 0) is 19.4 Å². The number of aromatic amines is 1. The predicted octanol–water partition coefficient (Wildman–Crippen LogP) is 2.05. The second kappa shape index (κ2) is 6.21. The topological polar surface area (TPSA) is 63.9 Å². The lowest BCUT2D eigenvalue weighted by Crippen LogP contribution is -2.03. The zero-order chi connectivity index (χ0) is 12.8.